The van der Waals surface area contributed by atoms with Gasteiger partial charge in [0.05, 0.1) is 4.88 Å². The molecule has 3 rings (SSSR count). The molecule has 0 aliphatic rings. The maximum absolute atomic E-state index is 14.3. The molecule has 3 aromatic rings. The number of amides is 1. The number of carbonyl (C=O) groups excluding carboxylic acids is 2. The minimum absolute atomic E-state index is 0.0338. The number of nitrogens with zero attached hydrogens (tertiary/aromatic N) is 2. The van der Waals surface area contributed by atoms with Crippen LogP contribution in [0.3, 0.4) is 0 Å². The Morgan fingerprint density at radius 2 is 2.04 bits per heavy atom. The molecule has 134 valence electrons. The summed E-state index contributed by atoms with van der Waals surface area (Å²) in [6.07, 6.45) is 3.47. The van der Waals surface area contributed by atoms with Crippen LogP contribution in [0.15, 0.2) is 54.2 Å². The fraction of sp³-hybridized carbons (Fsp3) is 0.211. The van der Waals surface area contributed by atoms with Crippen LogP contribution in [0.4, 0.5) is 4.39 Å². The van der Waals surface area contributed by atoms with Gasteiger partial charge in [-0.2, -0.15) is 0 Å². The number of aromatic nitrogens is 2. The van der Waals surface area contributed by atoms with Crippen molar-refractivity contribution >= 4 is 23.0 Å². The van der Waals surface area contributed by atoms with Gasteiger partial charge >= 0.3 is 0 Å². The topological polar surface area (TPSA) is 64.0 Å². The first kappa shape index (κ1) is 18.0. The SMILES string of the molecule is Cn1ccnc1[C@H](NC(=O)CCC(=O)c1cccs1)c1ccccc1F. The zero-order valence-corrected chi connectivity index (χ0v) is 15.0. The molecule has 2 aromatic heterocycles. The average Bonchev–Trinajstić information content (AvgIpc) is 3.30. The Hall–Kier alpha value is -2.80. The molecule has 26 heavy (non-hydrogen) atoms. The average molecular weight is 371 g/mol. The summed E-state index contributed by atoms with van der Waals surface area (Å²) < 4.78 is 16.0. The lowest BCUT2D eigenvalue weighted by atomic mass is 10.0. The molecule has 0 saturated heterocycles. The molecular weight excluding hydrogens is 353 g/mol. The number of aryl methyl sites for hydroxylation is 1. The van der Waals surface area contributed by atoms with E-state index in [0.717, 1.165) is 0 Å². The fourth-order valence-corrected chi connectivity index (χ4v) is 3.36. The Morgan fingerprint density at radius 3 is 2.69 bits per heavy atom. The minimum Gasteiger partial charge on any atom is -0.342 e. The van der Waals surface area contributed by atoms with Crippen LogP contribution in [0.2, 0.25) is 0 Å². The number of hydrogen-bond acceptors (Lipinski definition) is 4. The Labute approximate surface area is 154 Å². The number of ketones is 1. The summed E-state index contributed by atoms with van der Waals surface area (Å²) >= 11 is 1.35. The van der Waals surface area contributed by atoms with E-state index in [-0.39, 0.29) is 24.5 Å². The number of nitrogens with one attached hydrogen (secondary N) is 1. The highest BCUT2D eigenvalue weighted by Gasteiger charge is 2.23. The molecule has 0 spiro atoms. The second-order valence-electron chi connectivity index (χ2n) is 5.82. The van der Waals surface area contributed by atoms with E-state index in [4.69, 9.17) is 0 Å². The van der Waals surface area contributed by atoms with E-state index >= 15 is 0 Å². The number of halogens is 1. The predicted molar refractivity (Wildman–Crippen MR) is 97.5 cm³/mol. The summed E-state index contributed by atoms with van der Waals surface area (Å²) in [7, 11) is 1.78. The highest BCUT2D eigenvalue weighted by Crippen LogP contribution is 2.23. The fourth-order valence-electron chi connectivity index (χ4n) is 2.67. The van der Waals surface area contributed by atoms with Crippen molar-refractivity contribution in [3.8, 4) is 0 Å². The van der Waals surface area contributed by atoms with Crippen molar-refractivity contribution < 1.29 is 14.0 Å². The number of thiophene rings is 1. The number of imidazole rings is 1. The lowest BCUT2D eigenvalue weighted by molar-refractivity contribution is -0.121. The van der Waals surface area contributed by atoms with Crippen LogP contribution in [0.5, 0.6) is 0 Å². The highest BCUT2D eigenvalue weighted by atomic mass is 32.1. The van der Waals surface area contributed by atoms with Crippen LogP contribution < -0.4 is 5.32 Å². The van der Waals surface area contributed by atoms with E-state index in [2.05, 4.69) is 10.3 Å². The first-order valence-corrected chi connectivity index (χ1v) is 9.02. The summed E-state index contributed by atoms with van der Waals surface area (Å²) in [6, 6.07) is 9.08. The Bertz CT molecular complexity index is 905. The van der Waals surface area contributed by atoms with Gasteiger partial charge in [0.2, 0.25) is 5.91 Å². The van der Waals surface area contributed by atoms with Gasteiger partial charge in [-0.1, -0.05) is 24.3 Å². The van der Waals surface area contributed by atoms with E-state index in [1.54, 1.807) is 54.3 Å². The summed E-state index contributed by atoms with van der Waals surface area (Å²) in [5, 5.41) is 4.63. The zero-order chi connectivity index (χ0) is 18.5. The first-order chi connectivity index (χ1) is 12.6. The molecule has 0 bridgehead atoms. The van der Waals surface area contributed by atoms with E-state index in [0.29, 0.717) is 16.3 Å². The molecule has 0 saturated carbocycles. The van der Waals surface area contributed by atoms with E-state index in [1.807, 2.05) is 5.38 Å². The maximum atomic E-state index is 14.3. The Morgan fingerprint density at radius 1 is 1.23 bits per heavy atom. The molecule has 0 aliphatic heterocycles. The lowest BCUT2D eigenvalue weighted by Gasteiger charge is -2.19. The molecule has 5 nitrogen and oxygen atoms in total. The van der Waals surface area contributed by atoms with Crippen molar-refractivity contribution in [2.24, 2.45) is 7.05 Å². The first-order valence-electron chi connectivity index (χ1n) is 8.14. The zero-order valence-electron chi connectivity index (χ0n) is 14.2. The van der Waals surface area contributed by atoms with Crippen molar-refractivity contribution in [2.75, 3.05) is 0 Å². The van der Waals surface area contributed by atoms with Crippen molar-refractivity contribution in [3.05, 3.63) is 76.3 Å². The van der Waals surface area contributed by atoms with Crippen molar-refractivity contribution in [1.29, 1.82) is 0 Å². The van der Waals surface area contributed by atoms with Gasteiger partial charge in [-0.15, -0.1) is 11.3 Å². The van der Waals surface area contributed by atoms with Gasteiger partial charge in [0.25, 0.3) is 0 Å². The van der Waals surface area contributed by atoms with Gasteiger partial charge in [0.1, 0.15) is 17.7 Å². The second kappa shape index (κ2) is 8.05. The van der Waals surface area contributed by atoms with Crippen LogP contribution >= 0.6 is 11.3 Å². The van der Waals surface area contributed by atoms with Crippen molar-refractivity contribution in [2.45, 2.75) is 18.9 Å². The summed E-state index contributed by atoms with van der Waals surface area (Å²) in [5.41, 5.74) is 0.333. The molecular formula is C19H18FN3O2S. The Balaban J connectivity index is 1.74. The van der Waals surface area contributed by atoms with Gasteiger partial charge in [0, 0.05) is 37.8 Å². The van der Waals surface area contributed by atoms with Crippen LogP contribution in [-0.2, 0) is 11.8 Å². The minimum atomic E-state index is -0.722. The number of carbonyl (C=O) groups is 2. The van der Waals surface area contributed by atoms with Crippen LogP contribution in [0.1, 0.15) is 39.9 Å². The van der Waals surface area contributed by atoms with Crippen molar-refractivity contribution in [1.82, 2.24) is 14.9 Å². The molecule has 7 heteroatoms. The van der Waals surface area contributed by atoms with Gasteiger partial charge in [-0.05, 0) is 17.5 Å². The third-order valence-corrected chi connectivity index (χ3v) is 4.92. The van der Waals surface area contributed by atoms with E-state index < -0.39 is 11.9 Å². The van der Waals surface area contributed by atoms with E-state index in [9.17, 15) is 14.0 Å². The molecule has 0 radical (unpaired) electrons. The number of hydrogen-bond donors (Lipinski definition) is 1. The summed E-state index contributed by atoms with van der Waals surface area (Å²) in [5.74, 6) is -0.302. The van der Waals surface area contributed by atoms with Crippen LogP contribution in [0, 0.1) is 5.82 Å². The molecule has 0 fully saturated rings. The largest absolute Gasteiger partial charge is 0.342 e. The van der Waals surface area contributed by atoms with Crippen LogP contribution in [0.25, 0.3) is 0 Å². The van der Waals surface area contributed by atoms with E-state index in [1.165, 1.54) is 17.4 Å². The molecule has 1 amide bonds. The molecule has 0 aliphatic carbocycles. The van der Waals surface area contributed by atoms with Crippen molar-refractivity contribution in [3.63, 3.8) is 0 Å². The standard InChI is InChI=1S/C19H18FN3O2S/c1-23-11-10-21-19(23)18(13-5-2-3-6-14(13)20)22-17(25)9-8-15(24)16-7-4-12-26-16/h2-7,10-12,18H,8-9H2,1H3,(H,22,25)/t18-/m1/s1. The quantitative estimate of drug-likeness (QED) is 0.647. The number of rotatable bonds is 7. The normalized spacial score (nSPS) is 11.9. The third-order valence-electron chi connectivity index (χ3n) is 4.01. The maximum Gasteiger partial charge on any atom is 0.221 e. The molecule has 1 atom stereocenters. The predicted octanol–water partition coefficient (Wildman–Crippen LogP) is 3.49. The molecule has 1 aromatic carbocycles. The van der Waals surface area contributed by atoms with Gasteiger partial charge < -0.3 is 9.88 Å². The number of benzene rings is 1. The van der Waals surface area contributed by atoms with Crippen LogP contribution in [-0.4, -0.2) is 21.2 Å². The second-order valence-corrected chi connectivity index (χ2v) is 6.77. The summed E-state index contributed by atoms with van der Waals surface area (Å²) in [4.78, 5) is 29.3. The van der Waals surface area contributed by atoms with Gasteiger partial charge in [0.15, 0.2) is 5.78 Å². The lowest BCUT2D eigenvalue weighted by Crippen LogP contribution is -2.31. The third kappa shape index (κ3) is 4.05. The molecule has 1 N–H and O–H groups in total. The number of Topliss-reactive ketones (excluding diaryl/α,β-unsaturated/α-hetero) is 1. The monoisotopic (exact) mass is 371 g/mol. The summed E-state index contributed by atoms with van der Waals surface area (Å²) in [6.45, 7) is 0. The van der Waals surface area contributed by atoms with Gasteiger partial charge in [-0.25, -0.2) is 9.37 Å². The van der Waals surface area contributed by atoms with Gasteiger partial charge in [-0.3, -0.25) is 9.59 Å². The highest BCUT2D eigenvalue weighted by molar-refractivity contribution is 7.12. The Kier molecular flexibility index (Phi) is 5.58. The molecule has 0 unspecified atom stereocenters. The molecule has 2 heterocycles. The smallest absolute Gasteiger partial charge is 0.221 e.